The number of nitrogens with one attached hydrogen (secondary N) is 1. The Balaban J connectivity index is 2.16. The minimum Gasteiger partial charge on any atom is -0.391 e. The van der Waals surface area contributed by atoms with Gasteiger partial charge in [0.2, 0.25) is 10.0 Å². The predicted octanol–water partition coefficient (Wildman–Crippen LogP) is 0.802. The van der Waals surface area contributed by atoms with Gasteiger partial charge in [0.1, 0.15) is 10.7 Å². The fraction of sp³-hybridized carbons (Fsp3) is 0.545. The smallest absolute Gasteiger partial charge is 0.242 e. The van der Waals surface area contributed by atoms with Crippen molar-refractivity contribution < 1.29 is 17.9 Å². The zero-order valence-corrected chi connectivity index (χ0v) is 10.5. The molecule has 1 aromatic rings. The van der Waals surface area contributed by atoms with Gasteiger partial charge in [-0.1, -0.05) is 12.8 Å². The predicted molar refractivity (Wildman–Crippen MR) is 62.8 cm³/mol. The van der Waals surface area contributed by atoms with Crippen LogP contribution in [0.1, 0.15) is 25.7 Å². The quantitative estimate of drug-likeness (QED) is 0.854. The number of nitrogens with zero attached hydrogens (tertiary/aromatic N) is 1. The highest BCUT2D eigenvalue weighted by Gasteiger charge is 2.28. The third-order valence-corrected chi connectivity index (χ3v) is 4.48. The molecule has 5 nitrogen and oxygen atoms in total. The van der Waals surface area contributed by atoms with Gasteiger partial charge in [-0.2, -0.15) is 0 Å². The normalized spacial score (nSPS) is 25.0. The van der Waals surface area contributed by atoms with Gasteiger partial charge in [0.25, 0.3) is 0 Å². The van der Waals surface area contributed by atoms with Crippen molar-refractivity contribution in [1.29, 1.82) is 0 Å². The highest BCUT2D eigenvalue weighted by Crippen LogP contribution is 2.20. The molecule has 0 radical (unpaired) electrons. The van der Waals surface area contributed by atoms with Crippen molar-refractivity contribution in [2.75, 3.05) is 0 Å². The van der Waals surface area contributed by atoms with Gasteiger partial charge >= 0.3 is 0 Å². The molecule has 1 heterocycles. The summed E-state index contributed by atoms with van der Waals surface area (Å²) in [5.41, 5.74) is 0. The van der Waals surface area contributed by atoms with E-state index in [1.54, 1.807) is 0 Å². The van der Waals surface area contributed by atoms with Gasteiger partial charge in [0.05, 0.1) is 12.3 Å². The van der Waals surface area contributed by atoms with Gasteiger partial charge in [-0.25, -0.2) is 17.5 Å². The molecular weight excluding hydrogens is 259 g/mol. The lowest BCUT2D eigenvalue weighted by molar-refractivity contribution is 0.101. The number of aliphatic hydroxyl groups excluding tert-OH is 1. The summed E-state index contributed by atoms with van der Waals surface area (Å²) in [5, 5.41) is 9.72. The highest BCUT2D eigenvalue weighted by molar-refractivity contribution is 7.89. The molecule has 100 valence electrons. The second-order valence-corrected chi connectivity index (χ2v) is 6.13. The summed E-state index contributed by atoms with van der Waals surface area (Å²) in [6.45, 7) is 0. The monoisotopic (exact) mass is 274 g/mol. The molecular formula is C11H15FN2O3S. The molecule has 2 rings (SSSR count). The van der Waals surface area contributed by atoms with E-state index in [4.69, 9.17) is 0 Å². The third kappa shape index (κ3) is 3.04. The van der Waals surface area contributed by atoms with E-state index in [-0.39, 0.29) is 4.90 Å². The number of hydrogen-bond acceptors (Lipinski definition) is 4. The summed E-state index contributed by atoms with van der Waals surface area (Å²) in [6, 6.07) is 0.400. The topological polar surface area (TPSA) is 79.3 Å². The SMILES string of the molecule is O=S(=O)(NC1CCCCC1O)c1cncc(F)c1. The van der Waals surface area contributed by atoms with Crippen LogP contribution in [0.15, 0.2) is 23.4 Å². The summed E-state index contributed by atoms with van der Waals surface area (Å²) < 4.78 is 39.3. The zero-order chi connectivity index (χ0) is 13.2. The van der Waals surface area contributed by atoms with E-state index in [0.29, 0.717) is 12.8 Å². The Labute approximate surface area is 105 Å². The molecule has 1 aliphatic carbocycles. The molecule has 1 aliphatic rings. The fourth-order valence-corrected chi connectivity index (χ4v) is 3.33. The summed E-state index contributed by atoms with van der Waals surface area (Å²) >= 11 is 0. The molecule has 18 heavy (non-hydrogen) atoms. The Morgan fingerprint density at radius 2 is 2.06 bits per heavy atom. The number of pyridine rings is 1. The Kier molecular flexibility index (Phi) is 3.94. The first kappa shape index (κ1) is 13.4. The molecule has 0 spiro atoms. The number of sulfonamides is 1. The van der Waals surface area contributed by atoms with Gasteiger partial charge in [-0.15, -0.1) is 0 Å². The average molecular weight is 274 g/mol. The summed E-state index contributed by atoms with van der Waals surface area (Å²) in [4.78, 5) is 3.28. The molecule has 1 aromatic heterocycles. The van der Waals surface area contributed by atoms with Crippen LogP contribution >= 0.6 is 0 Å². The van der Waals surface area contributed by atoms with Crippen molar-refractivity contribution in [3.8, 4) is 0 Å². The van der Waals surface area contributed by atoms with E-state index in [9.17, 15) is 17.9 Å². The number of aliphatic hydroxyl groups is 1. The van der Waals surface area contributed by atoms with Crippen LogP contribution in [0.3, 0.4) is 0 Å². The second-order valence-electron chi connectivity index (χ2n) is 4.42. The van der Waals surface area contributed by atoms with Crippen LogP contribution in [0, 0.1) is 5.82 Å². The Bertz CT molecular complexity index is 521. The maximum absolute atomic E-state index is 12.9. The average Bonchev–Trinajstić information content (AvgIpc) is 2.32. The molecule has 0 aromatic carbocycles. The van der Waals surface area contributed by atoms with Gasteiger partial charge in [0.15, 0.2) is 0 Å². The van der Waals surface area contributed by atoms with Crippen LogP contribution in [-0.2, 0) is 10.0 Å². The number of aromatic nitrogens is 1. The molecule has 2 unspecified atom stereocenters. The number of rotatable bonds is 3. The third-order valence-electron chi connectivity index (χ3n) is 3.03. The molecule has 1 saturated carbocycles. The lowest BCUT2D eigenvalue weighted by Gasteiger charge is -2.27. The van der Waals surface area contributed by atoms with E-state index in [1.165, 1.54) is 0 Å². The molecule has 2 N–H and O–H groups in total. The molecule has 0 saturated heterocycles. The van der Waals surface area contributed by atoms with Crippen LogP contribution in [0.4, 0.5) is 4.39 Å². The Morgan fingerprint density at radius 3 is 2.72 bits per heavy atom. The molecule has 2 atom stereocenters. The van der Waals surface area contributed by atoms with Crippen molar-refractivity contribution in [2.24, 2.45) is 0 Å². The minimum absolute atomic E-state index is 0.222. The number of halogens is 1. The molecule has 7 heteroatoms. The first-order valence-electron chi connectivity index (χ1n) is 5.80. The van der Waals surface area contributed by atoms with E-state index in [1.807, 2.05) is 0 Å². The first-order chi connectivity index (χ1) is 8.49. The lowest BCUT2D eigenvalue weighted by atomic mass is 9.93. The van der Waals surface area contributed by atoms with Crippen molar-refractivity contribution in [3.63, 3.8) is 0 Å². The van der Waals surface area contributed by atoms with Crippen molar-refractivity contribution in [2.45, 2.75) is 42.7 Å². The van der Waals surface area contributed by atoms with E-state index in [2.05, 4.69) is 9.71 Å². The van der Waals surface area contributed by atoms with E-state index < -0.39 is 28.0 Å². The Hall–Kier alpha value is -1.05. The maximum atomic E-state index is 12.9. The summed E-state index contributed by atoms with van der Waals surface area (Å²) in [7, 11) is -3.83. The highest BCUT2D eigenvalue weighted by atomic mass is 32.2. The van der Waals surface area contributed by atoms with Crippen LogP contribution in [-0.4, -0.2) is 30.7 Å². The van der Waals surface area contributed by atoms with Gasteiger partial charge in [0, 0.05) is 12.2 Å². The largest absolute Gasteiger partial charge is 0.391 e. The fourth-order valence-electron chi connectivity index (χ4n) is 2.06. The molecule has 0 aliphatic heterocycles. The van der Waals surface area contributed by atoms with Crippen LogP contribution in [0.25, 0.3) is 0 Å². The minimum atomic E-state index is -3.83. The van der Waals surface area contributed by atoms with Crippen LogP contribution in [0.2, 0.25) is 0 Å². The van der Waals surface area contributed by atoms with Gasteiger partial charge in [-0.05, 0) is 18.9 Å². The van der Waals surface area contributed by atoms with E-state index in [0.717, 1.165) is 31.3 Å². The number of hydrogen-bond donors (Lipinski definition) is 2. The van der Waals surface area contributed by atoms with Gasteiger partial charge < -0.3 is 5.11 Å². The van der Waals surface area contributed by atoms with Crippen molar-refractivity contribution >= 4 is 10.0 Å². The second kappa shape index (κ2) is 5.29. The summed E-state index contributed by atoms with van der Waals surface area (Å²) in [6.07, 6.45) is 4.26. The first-order valence-corrected chi connectivity index (χ1v) is 7.28. The zero-order valence-electron chi connectivity index (χ0n) is 9.71. The molecule has 1 fully saturated rings. The van der Waals surface area contributed by atoms with Crippen molar-refractivity contribution in [1.82, 2.24) is 9.71 Å². The summed E-state index contributed by atoms with van der Waals surface area (Å²) in [5.74, 6) is -0.706. The maximum Gasteiger partial charge on any atom is 0.242 e. The molecule has 0 amide bonds. The lowest BCUT2D eigenvalue weighted by Crippen LogP contribution is -2.44. The van der Waals surface area contributed by atoms with E-state index >= 15 is 0 Å². The standard InChI is InChI=1S/C11H15FN2O3S/c12-8-5-9(7-13-6-8)18(16,17)14-10-3-1-2-4-11(10)15/h5-7,10-11,14-15H,1-4H2. The van der Waals surface area contributed by atoms with Gasteiger partial charge in [-0.3, -0.25) is 4.98 Å². The Morgan fingerprint density at radius 1 is 1.33 bits per heavy atom. The van der Waals surface area contributed by atoms with Crippen molar-refractivity contribution in [3.05, 3.63) is 24.3 Å². The van der Waals surface area contributed by atoms with Crippen LogP contribution < -0.4 is 4.72 Å². The molecule has 0 bridgehead atoms. The van der Waals surface area contributed by atoms with Crippen LogP contribution in [0.5, 0.6) is 0 Å².